The highest BCUT2D eigenvalue weighted by atomic mass is 35.5. The Hall–Kier alpha value is -2.08. The Morgan fingerprint density at radius 1 is 1.19 bits per heavy atom. The summed E-state index contributed by atoms with van der Waals surface area (Å²) in [4.78, 5) is 26.2. The summed E-state index contributed by atoms with van der Waals surface area (Å²) >= 11 is 5.63. The van der Waals surface area contributed by atoms with E-state index in [1.165, 1.54) is 18.6 Å². The number of halogens is 1. The molecule has 0 aliphatic rings. The molecule has 80 valence electrons. The molecule has 6 nitrogen and oxygen atoms in total. The molecule has 7 heteroatoms. The molecule has 0 bridgehead atoms. The monoisotopic (exact) mass is 236 g/mol. The SMILES string of the molecule is O=C(O)c1nc(-c2ncccn2)ncc1Cl. The average molecular weight is 237 g/mol. The zero-order valence-corrected chi connectivity index (χ0v) is 8.59. The molecule has 0 aromatic carbocycles. The number of hydrogen-bond donors (Lipinski definition) is 1. The Labute approximate surface area is 95.0 Å². The van der Waals surface area contributed by atoms with E-state index in [0.717, 1.165) is 0 Å². The van der Waals surface area contributed by atoms with Gasteiger partial charge in [-0.2, -0.15) is 0 Å². The molecule has 0 aliphatic carbocycles. The van der Waals surface area contributed by atoms with Gasteiger partial charge in [0.25, 0.3) is 0 Å². The summed E-state index contributed by atoms with van der Waals surface area (Å²) in [6, 6.07) is 1.64. The van der Waals surface area contributed by atoms with E-state index >= 15 is 0 Å². The molecule has 0 spiro atoms. The van der Waals surface area contributed by atoms with Gasteiger partial charge in [0.1, 0.15) is 0 Å². The lowest BCUT2D eigenvalue weighted by Crippen LogP contribution is -2.05. The molecule has 0 saturated heterocycles. The summed E-state index contributed by atoms with van der Waals surface area (Å²) in [7, 11) is 0. The maximum absolute atomic E-state index is 10.8. The fourth-order valence-electron chi connectivity index (χ4n) is 1.04. The minimum absolute atomic E-state index is 0.0211. The van der Waals surface area contributed by atoms with Crippen molar-refractivity contribution >= 4 is 17.6 Å². The van der Waals surface area contributed by atoms with Crippen molar-refractivity contribution in [3.8, 4) is 11.6 Å². The lowest BCUT2D eigenvalue weighted by atomic mass is 10.4. The number of hydrogen-bond acceptors (Lipinski definition) is 5. The number of rotatable bonds is 2. The Morgan fingerprint density at radius 2 is 1.88 bits per heavy atom. The summed E-state index contributed by atoms with van der Waals surface area (Å²) in [5.41, 5.74) is -0.265. The summed E-state index contributed by atoms with van der Waals surface area (Å²) in [6.07, 6.45) is 4.24. The van der Waals surface area contributed by atoms with E-state index in [1.807, 2.05) is 0 Å². The van der Waals surface area contributed by atoms with Crippen LogP contribution < -0.4 is 0 Å². The van der Waals surface area contributed by atoms with Crippen LogP contribution in [0.15, 0.2) is 24.7 Å². The minimum atomic E-state index is -1.22. The molecule has 0 saturated carbocycles. The van der Waals surface area contributed by atoms with Crippen LogP contribution in [-0.4, -0.2) is 31.0 Å². The first-order chi connectivity index (χ1) is 7.68. The van der Waals surface area contributed by atoms with Gasteiger partial charge in [0.2, 0.25) is 0 Å². The molecule has 2 rings (SSSR count). The fourth-order valence-corrected chi connectivity index (χ4v) is 1.21. The molecule has 0 unspecified atom stereocenters. The van der Waals surface area contributed by atoms with Gasteiger partial charge in [0.05, 0.1) is 11.2 Å². The average Bonchev–Trinajstić information content (AvgIpc) is 2.30. The maximum atomic E-state index is 10.8. The molecule has 2 heterocycles. The lowest BCUT2D eigenvalue weighted by molar-refractivity contribution is 0.0690. The maximum Gasteiger partial charge on any atom is 0.356 e. The molecule has 2 aromatic rings. The van der Waals surface area contributed by atoms with Gasteiger partial charge in [0.15, 0.2) is 17.3 Å². The first-order valence-electron chi connectivity index (χ1n) is 4.21. The highest BCUT2D eigenvalue weighted by Crippen LogP contribution is 2.15. The van der Waals surface area contributed by atoms with E-state index in [9.17, 15) is 4.79 Å². The number of carbonyl (C=O) groups is 1. The molecular formula is C9H5ClN4O2. The molecule has 2 aromatic heterocycles. The van der Waals surface area contributed by atoms with Crippen molar-refractivity contribution in [3.63, 3.8) is 0 Å². The summed E-state index contributed by atoms with van der Waals surface area (Å²) < 4.78 is 0. The van der Waals surface area contributed by atoms with Crippen molar-refractivity contribution in [3.05, 3.63) is 35.4 Å². The van der Waals surface area contributed by atoms with Crippen LogP contribution >= 0.6 is 11.6 Å². The van der Waals surface area contributed by atoms with Gasteiger partial charge >= 0.3 is 5.97 Å². The van der Waals surface area contributed by atoms with E-state index in [-0.39, 0.29) is 22.4 Å². The van der Waals surface area contributed by atoms with Gasteiger partial charge in [0, 0.05) is 12.4 Å². The minimum Gasteiger partial charge on any atom is -0.476 e. The van der Waals surface area contributed by atoms with Crippen molar-refractivity contribution < 1.29 is 9.90 Å². The Bertz CT molecular complexity index is 532. The third-order valence-corrected chi connectivity index (χ3v) is 1.99. The van der Waals surface area contributed by atoms with Crippen molar-refractivity contribution in [2.45, 2.75) is 0 Å². The Kier molecular flexibility index (Phi) is 2.74. The van der Waals surface area contributed by atoms with Crippen LogP contribution in [-0.2, 0) is 0 Å². The predicted octanol–water partition coefficient (Wildman–Crippen LogP) is 1.29. The standard InChI is InChI=1S/C9H5ClN4O2/c10-5-4-13-8(14-6(5)9(15)16)7-11-2-1-3-12-7/h1-4H,(H,15,16). The van der Waals surface area contributed by atoms with Gasteiger partial charge < -0.3 is 5.11 Å². The molecule has 0 radical (unpaired) electrons. The zero-order chi connectivity index (χ0) is 11.5. The van der Waals surface area contributed by atoms with Crippen molar-refractivity contribution in [2.75, 3.05) is 0 Å². The highest BCUT2D eigenvalue weighted by molar-refractivity contribution is 6.33. The largest absolute Gasteiger partial charge is 0.476 e. The Balaban J connectivity index is 2.52. The predicted molar refractivity (Wildman–Crippen MR) is 55.0 cm³/mol. The van der Waals surface area contributed by atoms with Gasteiger partial charge in [-0.25, -0.2) is 24.7 Å². The van der Waals surface area contributed by atoms with E-state index in [1.54, 1.807) is 6.07 Å². The molecule has 16 heavy (non-hydrogen) atoms. The first kappa shape index (κ1) is 10.4. The molecule has 0 aliphatic heterocycles. The normalized spacial score (nSPS) is 10.1. The molecule has 0 atom stereocenters. The van der Waals surface area contributed by atoms with Crippen LogP contribution in [0.2, 0.25) is 5.02 Å². The summed E-state index contributed by atoms with van der Waals surface area (Å²) in [5, 5.41) is 8.80. The number of aromatic carboxylic acids is 1. The van der Waals surface area contributed by atoms with E-state index < -0.39 is 5.97 Å². The Morgan fingerprint density at radius 3 is 2.50 bits per heavy atom. The second-order valence-electron chi connectivity index (χ2n) is 2.77. The molecule has 1 N–H and O–H groups in total. The van der Waals surface area contributed by atoms with Crippen molar-refractivity contribution in [2.24, 2.45) is 0 Å². The van der Waals surface area contributed by atoms with Crippen LogP contribution in [0.4, 0.5) is 0 Å². The van der Waals surface area contributed by atoms with Crippen LogP contribution in [0, 0.1) is 0 Å². The molecule has 0 amide bonds. The third-order valence-electron chi connectivity index (χ3n) is 1.71. The van der Waals surface area contributed by atoms with E-state index in [0.29, 0.717) is 0 Å². The first-order valence-corrected chi connectivity index (χ1v) is 4.59. The smallest absolute Gasteiger partial charge is 0.356 e. The topological polar surface area (TPSA) is 88.9 Å². The number of carboxylic acids is 1. The van der Waals surface area contributed by atoms with E-state index in [4.69, 9.17) is 16.7 Å². The van der Waals surface area contributed by atoms with Crippen LogP contribution in [0.5, 0.6) is 0 Å². The quantitative estimate of drug-likeness (QED) is 0.845. The third kappa shape index (κ3) is 1.96. The van der Waals surface area contributed by atoms with E-state index in [2.05, 4.69) is 19.9 Å². The second-order valence-corrected chi connectivity index (χ2v) is 3.17. The molecular weight excluding hydrogens is 232 g/mol. The van der Waals surface area contributed by atoms with Crippen LogP contribution in [0.1, 0.15) is 10.5 Å². The zero-order valence-electron chi connectivity index (χ0n) is 7.83. The summed E-state index contributed by atoms with van der Waals surface area (Å²) in [5.74, 6) is -0.839. The lowest BCUT2D eigenvalue weighted by Gasteiger charge is -2.00. The van der Waals surface area contributed by atoms with Crippen LogP contribution in [0.25, 0.3) is 11.6 Å². The van der Waals surface area contributed by atoms with Gasteiger partial charge in [-0.15, -0.1) is 0 Å². The van der Waals surface area contributed by atoms with Crippen molar-refractivity contribution in [1.82, 2.24) is 19.9 Å². The number of nitrogens with zero attached hydrogens (tertiary/aromatic N) is 4. The fraction of sp³-hybridized carbons (Fsp3) is 0. The van der Waals surface area contributed by atoms with Crippen molar-refractivity contribution in [1.29, 1.82) is 0 Å². The van der Waals surface area contributed by atoms with Gasteiger partial charge in [-0.1, -0.05) is 11.6 Å². The molecule has 0 fully saturated rings. The van der Waals surface area contributed by atoms with Gasteiger partial charge in [-0.3, -0.25) is 0 Å². The summed E-state index contributed by atoms with van der Waals surface area (Å²) in [6.45, 7) is 0. The van der Waals surface area contributed by atoms with Crippen LogP contribution in [0.3, 0.4) is 0 Å². The number of carboxylic acid groups (broad SMARTS) is 1. The highest BCUT2D eigenvalue weighted by Gasteiger charge is 2.14. The second kappa shape index (κ2) is 4.19. The van der Waals surface area contributed by atoms with Gasteiger partial charge in [-0.05, 0) is 6.07 Å². The number of aromatic nitrogens is 4.